The number of amides is 2. The van der Waals surface area contributed by atoms with E-state index in [1.54, 1.807) is 67.0 Å². The summed E-state index contributed by atoms with van der Waals surface area (Å²) in [7, 11) is 0. The minimum atomic E-state index is -0.260. The van der Waals surface area contributed by atoms with Crippen LogP contribution in [0, 0.1) is 0 Å². The van der Waals surface area contributed by atoms with E-state index in [0.29, 0.717) is 35.1 Å². The van der Waals surface area contributed by atoms with Gasteiger partial charge in [-0.15, -0.1) is 0 Å². The molecule has 5 rings (SSSR count). The van der Waals surface area contributed by atoms with Gasteiger partial charge in [0, 0.05) is 54.7 Å². The highest BCUT2D eigenvalue weighted by Gasteiger charge is 2.11. The molecule has 3 heterocycles. The Balaban J connectivity index is 1.24. The summed E-state index contributed by atoms with van der Waals surface area (Å²) >= 11 is 0. The Labute approximate surface area is 220 Å². The predicted molar refractivity (Wildman–Crippen MR) is 145 cm³/mol. The van der Waals surface area contributed by atoms with Gasteiger partial charge >= 0.3 is 0 Å². The molecule has 0 saturated carbocycles. The lowest BCUT2D eigenvalue weighted by atomic mass is 10.1. The van der Waals surface area contributed by atoms with Crippen LogP contribution >= 0.6 is 0 Å². The van der Waals surface area contributed by atoms with Gasteiger partial charge in [0.2, 0.25) is 5.91 Å². The Morgan fingerprint density at radius 3 is 2.58 bits per heavy atom. The Kier molecular flexibility index (Phi) is 7.98. The summed E-state index contributed by atoms with van der Waals surface area (Å²) in [5, 5.41) is 6.41. The summed E-state index contributed by atoms with van der Waals surface area (Å²) < 4.78 is 11.5. The van der Waals surface area contributed by atoms with Crippen molar-refractivity contribution in [2.75, 3.05) is 43.5 Å². The van der Waals surface area contributed by atoms with Crippen molar-refractivity contribution in [3.63, 3.8) is 0 Å². The van der Waals surface area contributed by atoms with E-state index in [2.05, 4.69) is 25.5 Å². The van der Waals surface area contributed by atoms with Gasteiger partial charge in [-0.25, -0.2) is 4.98 Å². The average Bonchev–Trinajstić information content (AvgIpc) is 2.95. The molecule has 0 atom stereocenters. The number of hydrogen-bond donors (Lipinski definition) is 2. The molecule has 1 fully saturated rings. The van der Waals surface area contributed by atoms with Crippen molar-refractivity contribution >= 4 is 34.2 Å². The second kappa shape index (κ2) is 12.1. The molecule has 38 heavy (non-hydrogen) atoms. The van der Waals surface area contributed by atoms with Crippen molar-refractivity contribution in [1.82, 2.24) is 14.9 Å². The fraction of sp³-hybridized carbons (Fsp3) is 0.172. The van der Waals surface area contributed by atoms with Crippen LogP contribution in [0.25, 0.3) is 10.9 Å². The second-order valence-corrected chi connectivity index (χ2v) is 8.64. The first-order valence-corrected chi connectivity index (χ1v) is 12.3. The molecule has 2 aromatic carbocycles. The van der Waals surface area contributed by atoms with E-state index >= 15 is 0 Å². The fourth-order valence-electron chi connectivity index (χ4n) is 3.99. The molecule has 0 bridgehead atoms. The maximum Gasteiger partial charge on any atom is 0.256 e. The monoisotopic (exact) mass is 509 g/mol. The van der Waals surface area contributed by atoms with E-state index in [9.17, 15) is 9.59 Å². The molecular weight excluding hydrogens is 482 g/mol. The lowest BCUT2D eigenvalue weighted by Crippen LogP contribution is -2.36. The summed E-state index contributed by atoms with van der Waals surface area (Å²) in [5.41, 5.74) is 1.85. The number of hydrogen-bond acceptors (Lipinski definition) is 7. The van der Waals surface area contributed by atoms with Gasteiger partial charge in [-0.3, -0.25) is 19.5 Å². The van der Waals surface area contributed by atoms with Crippen LogP contribution in [0.15, 0.2) is 91.3 Å². The van der Waals surface area contributed by atoms with E-state index in [0.717, 1.165) is 37.2 Å². The van der Waals surface area contributed by atoms with E-state index in [1.807, 2.05) is 24.3 Å². The molecule has 2 N–H and O–H groups in total. The molecule has 0 aliphatic carbocycles. The normalized spacial score (nSPS) is 13.9. The van der Waals surface area contributed by atoms with Gasteiger partial charge in [0.1, 0.15) is 17.3 Å². The molecule has 1 aliphatic heterocycles. The van der Waals surface area contributed by atoms with Crippen LogP contribution in [0.4, 0.5) is 11.5 Å². The van der Waals surface area contributed by atoms with Crippen molar-refractivity contribution in [1.29, 1.82) is 0 Å². The Morgan fingerprint density at radius 1 is 0.947 bits per heavy atom. The van der Waals surface area contributed by atoms with Gasteiger partial charge in [0.05, 0.1) is 18.7 Å². The number of anilines is 2. The first-order valence-electron chi connectivity index (χ1n) is 12.3. The molecule has 2 aromatic heterocycles. The highest BCUT2D eigenvalue weighted by molar-refractivity contribution is 6.04. The smallest absolute Gasteiger partial charge is 0.256 e. The SMILES string of the molecule is O=C(/C=C/CN1CCOCC1)Nc1ccc2nccc(Oc3ccc(C(=O)Nc4ccccn4)cc3)c2c1. The zero-order valence-electron chi connectivity index (χ0n) is 20.7. The van der Waals surface area contributed by atoms with Crippen LogP contribution in [0.5, 0.6) is 11.5 Å². The Bertz CT molecular complexity index is 1430. The molecule has 1 aliphatic rings. The quantitative estimate of drug-likeness (QED) is 0.337. The summed E-state index contributed by atoms with van der Waals surface area (Å²) in [6.45, 7) is 3.89. The van der Waals surface area contributed by atoms with E-state index < -0.39 is 0 Å². The van der Waals surface area contributed by atoms with E-state index in [1.165, 1.54) is 0 Å². The summed E-state index contributed by atoms with van der Waals surface area (Å²) in [5.74, 6) is 1.16. The van der Waals surface area contributed by atoms with Gasteiger partial charge in [-0.2, -0.15) is 0 Å². The molecule has 192 valence electrons. The van der Waals surface area contributed by atoms with Crippen LogP contribution in [-0.4, -0.2) is 59.5 Å². The standard InChI is InChI=1S/C29H27N5O4/c35-28(5-3-15-34-16-18-37-19-17-34)32-22-8-11-25-24(20-22)26(12-14-30-25)38-23-9-6-21(7-10-23)29(36)33-27-4-1-2-13-31-27/h1-14,20H,15-19H2,(H,32,35)(H,31,33,36)/b5-3+. The van der Waals surface area contributed by atoms with Gasteiger partial charge in [-0.05, 0) is 60.7 Å². The summed E-state index contributed by atoms with van der Waals surface area (Å²) in [6, 6.07) is 19.4. The van der Waals surface area contributed by atoms with Crippen LogP contribution in [-0.2, 0) is 9.53 Å². The van der Waals surface area contributed by atoms with Crippen LogP contribution in [0.3, 0.4) is 0 Å². The fourth-order valence-corrected chi connectivity index (χ4v) is 3.99. The molecule has 0 radical (unpaired) electrons. The highest BCUT2D eigenvalue weighted by Crippen LogP contribution is 2.31. The molecular formula is C29H27N5O4. The number of ether oxygens (including phenoxy) is 2. The predicted octanol–water partition coefficient (Wildman–Crippen LogP) is 4.50. The third-order valence-electron chi connectivity index (χ3n) is 5.96. The van der Waals surface area contributed by atoms with Gasteiger partial charge in [0.15, 0.2) is 0 Å². The van der Waals surface area contributed by atoms with Gasteiger partial charge in [0.25, 0.3) is 5.91 Å². The van der Waals surface area contributed by atoms with Crippen LogP contribution in [0.1, 0.15) is 10.4 Å². The number of benzene rings is 2. The Morgan fingerprint density at radius 2 is 1.79 bits per heavy atom. The number of morpholine rings is 1. The second-order valence-electron chi connectivity index (χ2n) is 8.64. The average molecular weight is 510 g/mol. The molecule has 2 amide bonds. The lowest BCUT2D eigenvalue weighted by molar-refractivity contribution is -0.111. The third kappa shape index (κ3) is 6.58. The zero-order chi connectivity index (χ0) is 26.2. The maximum absolute atomic E-state index is 12.5. The molecule has 4 aromatic rings. The molecule has 9 heteroatoms. The third-order valence-corrected chi connectivity index (χ3v) is 5.96. The number of carbonyl (C=O) groups excluding carboxylic acids is 2. The first-order chi connectivity index (χ1) is 18.6. The maximum atomic E-state index is 12.5. The molecule has 1 saturated heterocycles. The number of carbonyl (C=O) groups is 2. The Hall–Kier alpha value is -4.60. The van der Waals surface area contributed by atoms with Crippen molar-refractivity contribution in [3.8, 4) is 11.5 Å². The number of pyridine rings is 2. The van der Waals surface area contributed by atoms with Gasteiger partial charge < -0.3 is 20.1 Å². The minimum Gasteiger partial charge on any atom is -0.457 e. The number of aromatic nitrogens is 2. The minimum absolute atomic E-state index is 0.205. The first kappa shape index (κ1) is 25.1. The number of nitrogens with zero attached hydrogens (tertiary/aromatic N) is 3. The number of fused-ring (bicyclic) bond motifs is 1. The van der Waals surface area contributed by atoms with E-state index in [-0.39, 0.29) is 11.8 Å². The topological polar surface area (TPSA) is 106 Å². The zero-order valence-corrected chi connectivity index (χ0v) is 20.7. The molecule has 0 spiro atoms. The summed E-state index contributed by atoms with van der Waals surface area (Å²) in [6.07, 6.45) is 6.69. The molecule has 0 unspecified atom stereocenters. The van der Waals surface area contributed by atoms with Gasteiger partial charge in [-0.1, -0.05) is 12.1 Å². The van der Waals surface area contributed by atoms with E-state index in [4.69, 9.17) is 9.47 Å². The largest absolute Gasteiger partial charge is 0.457 e. The summed E-state index contributed by atoms with van der Waals surface area (Å²) in [4.78, 5) is 35.7. The van der Waals surface area contributed by atoms with Crippen molar-refractivity contribution in [2.24, 2.45) is 0 Å². The van der Waals surface area contributed by atoms with Crippen LogP contribution in [0.2, 0.25) is 0 Å². The van der Waals surface area contributed by atoms with Crippen molar-refractivity contribution in [2.45, 2.75) is 0 Å². The number of rotatable bonds is 8. The van der Waals surface area contributed by atoms with Crippen molar-refractivity contribution in [3.05, 3.63) is 96.8 Å². The molecule has 9 nitrogen and oxygen atoms in total. The lowest BCUT2D eigenvalue weighted by Gasteiger charge is -2.25. The van der Waals surface area contributed by atoms with Crippen LogP contribution < -0.4 is 15.4 Å². The number of nitrogens with one attached hydrogen (secondary N) is 2. The highest BCUT2D eigenvalue weighted by atomic mass is 16.5. The van der Waals surface area contributed by atoms with Crippen molar-refractivity contribution < 1.29 is 19.1 Å².